The summed E-state index contributed by atoms with van der Waals surface area (Å²) in [6.45, 7) is 4.93. The highest BCUT2D eigenvalue weighted by atomic mass is 35.5. The Labute approximate surface area is 146 Å². The minimum absolute atomic E-state index is 0.213. The molecule has 2 aromatic rings. The number of halogens is 1. The van der Waals surface area contributed by atoms with Crippen LogP contribution in [0.25, 0.3) is 0 Å². The van der Waals surface area contributed by atoms with Crippen LogP contribution in [0, 0.1) is 6.92 Å². The molecule has 24 heavy (non-hydrogen) atoms. The number of aryl methyl sites for hydroxylation is 1. The van der Waals surface area contributed by atoms with Gasteiger partial charge in [0.05, 0.1) is 24.6 Å². The molecule has 0 aromatic heterocycles. The summed E-state index contributed by atoms with van der Waals surface area (Å²) in [6.07, 6.45) is 0. The summed E-state index contributed by atoms with van der Waals surface area (Å²) in [7, 11) is 0. The van der Waals surface area contributed by atoms with E-state index in [0.717, 1.165) is 24.3 Å². The molecule has 1 heterocycles. The van der Waals surface area contributed by atoms with Gasteiger partial charge in [-0.25, -0.2) is 0 Å². The van der Waals surface area contributed by atoms with E-state index < -0.39 is 0 Å². The number of nitrogens with zero attached hydrogens (tertiary/aromatic N) is 1. The molecule has 1 aliphatic rings. The Morgan fingerprint density at radius 2 is 1.96 bits per heavy atom. The van der Waals surface area contributed by atoms with Crippen LogP contribution in [0.15, 0.2) is 36.4 Å². The molecule has 3 rings (SSSR count). The molecule has 5 nitrogen and oxygen atoms in total. The van der Waals surface area contributed by atoms with E-state index in [1.807, 2.05) is 25.1 Å². The van der Waals surface area contributed by atoms with E-state index >= 15 is 0 Å². The van der Waals surface area contributed by atoms with Gasteiger partial charge in [-0.3, -0.25) is 4.79 Å². The number of hydrogen-bond donors (Lipinski definition) is 2. The third-order valence-corrected chi connectivity index (χ3v) is 4.48. The van der Waals surface area contributed by atoms with Crippen LogP contribution in [-0.4, -0.2) is 32.2 Å². The van der Waals surface area contributed by atoms with E-state index in [9.17, 15) is 4.79 Å². The molecule has 1 saturated heterocycles. The van der Waals surface area contributed by atoms with Crippen molar-refractivity contribution in [3.8, 4) is 0 Å². The van der Waals surface area contributed by atoms with Crippen LogP contribution >= 0.6 is 11.6 Å². The highest BCUT2D eigenvalue weighted by molar-refractivity contribution is 6.31. The lowest BCUT2D eigenvalue weighted by molar-refractivity contribution is 0.102. The third-order valence-electron chi connectivity index (χ3n) is 4.07. The summed E-state index contributed by atoms with van der Waals surface area (Å²) in [5.74, 6) is -0.213. The molecule has 6 heteroatoms. The smallest absolute Gasteiger partial charge is 0.255 e. The molecule has 126 valence electrons. The highest BCUT2D eigenvalue weighted by Gasteiger charge is 2.15. The summed E-state index contributed by atoms with van der Waals surface area (Å²) in [5, 5.41) is 3.43. The van der Waals surface area contributed by atoms with Crippen LogP contribution in [0.1, 0.15) is 15.9 Å². The van der Waals surface area contributed by atoms with Crippen LogP contribution < -0.4 is 16.0 Å². The molecule has 3 N–H and O–H groups in total. The highest BCUT2D eigenvalue weighted by Crippen LogP contribution is 2.27. The van der Waals surface area contributed by atoms with Crippen molar-refractivity contribution in [1.29, 1.82) is 0 Å². The van der Waals surface area contributed by atoms with Crippen LogP contribution in [-0.2, 0) is 4.74 Å². The van der Waals surface area contributed by atoms with E-state index in [0.29, 0.717) is 35.2 Å². The van der Waals surface area contributed by atoms with Crippen LogP contribution in [0.2, 0.25) is 5.02 Å². The van der Waals surface area contributed by atoms with Crippen molar-refractivity contribution in [2.24, 2.45) is 0 Å². The zero-order valence-corrected chi connectivity index (χ0v) is 14.3. The van der Waals surface area contributed by atoms with Gasteiger partial charge in [0.25, 0.3) is 5.91 Å². The van der Waals surface area contributed by atoms with Gasteiger partial charge in [-0.05, 0) is 42.8 Å². The minimum atomic E-state index is -0.213. The third kappa shape index (κ3) is 3.63. The van der Waals surface area contributed by atoms with Gasteiger partial charge in [0, 0.05) is 29.4 Å². The van der Waals surface area contributed by atoms with Gasteiger partial charge in [0.1, 0.15) is 0 Å². The number of carbonyl (C=O) groups is 1. The van der Waals surface area contributed by atoms with E-state index in [2.05, 4.69) is 10.2 Å². The van der Waals surface area contributed by atoms with Crippen molar-refractivity contribution in [3.05, 3.63) is 52.5 Å². The fraction of sp³-hybridized carbons (Fsp3) is 0.278. The molecule has 1 amide bonds. The van der Waals surface area contributed by atoms with E-state index in [1.54, 1.807) is 18.2 Å². The average Bonchev–Trinajstić information content (AvgIpc) is 2.58. The fourth-order valence-corrected chi connectivity index (χ4v) is 2.84. The van der Waals surface area contributed by atoms with Crippen molar-refractivity contribution in [2.75, 3.05) is 42.3 Å². The standard InChI is InChI=1S/C18H20ClN3O2/c1-12-2-3-13(10-15(12)19)18(23)21-14-4-5-17(16(20)11-14)22-6-8-24-9-7-22/h2-5,10-11H,6-9,20H2,1H3,(H,21,23). The summed E-state index contributed by atoms with van der Waals surface area (Å²) < 4.78 is 5.35. The number of morpholine rings is 1. The second-order valence-electron chi connectivity index (χ2n) is 5.79. The largest absolute Gasteiger partial charge is 0.397 e. The van der Waals surface area contributed by atoms with E-state index in [4.69, 9.17) is 22.1 Å². The van der Waals surface area contributed by atoms with Crippen molar-refractivity contribution >= 4 is 34.6 Å². The molecule has 0 bridgehead atoms. The lowest BCUT2D eigenvalue weighted by Gasteiger charge is -2.30. The lowest BCUT2D eigenvalue weighted by Crippen LogP contribution is -2.36. The molecule has 0 atom stereocenters. The Hall–Kier alpha value is -2.24. The molecule has 2 aromatic carbocycles. The average molecular weight is 346 g/mol. The number of nitrogens with one attached hydrogen (secondary N) is 1. The van der Waals surface area contributed by atoms with Crippen molar-refractivity contribution < 1.29 is 9.53 Å². The molecule has 0 unspecified atom stereocenters. The molecule has 1 aliphatic heterocycles. The Morgan fingerprint density at radius 3 is 2.62 bits per heavy atom. The predicted molar refractivity (Wildman–Crippen MR) is 98.0 cm³/mol. The first kappa shape index (κ1) is 16.6. The number of ether oxygens (including phenoxy) is 1. The molecular weight excluding hydrogens is 326 g/mol. The Balaban J connectivity index is 1.74. The van der Waals surface area contributed by atoms with Crippen LogP contribution in [0.5, 0.6) is 0 Å². The summed E-state index contributed by atoms with van der Waals surface area (Å²) >= 11 is 6.08. The van der Waals surface area contributed by atoms with Gasteiger partial charge in [-0.2, -0.15) is 0 Å². The van der Waals surface area contributed by atoms with Gasteiger partial charge in [-0.15, -0.1) is 0 Å². The molecule has 0 aliphatic carbocycles. The predicted octanol–water partition coefficient (Wildman–Crippen LogP) is 3.32. The Morgan fingerprint density at radius 1 is 1.21 bits per heavy atom. The number of anilines is 3. The summed E-state index contributed by atoms with van der Waals surface area (Å²) in [5.41, 5.74) is 9.87. The van der Waals surface area contributed by atoms with Crippen molar-refractivity contribution in [3.63, 3.8) is 0 Å². The molecule has 0 radical (unpaired) electrons. The van der Waals surface area contributed by atoms with Gasteiger partial charge < -0.3 is 20.7 Å². The monoisotopic (exact) mass is 345 g/mol. The fourth-order valence-electron chi connectivity index (χ4n) is 2.66. The number of rotatable bonds is 3. The Bertz CT molecular complexity index is 758. The number of nitrogens with two attached hydrogens (primary N) is 1. The summed E-state index contributed by atoms with van der Waals surface area (Å²) in [6, 6.07) is 10.8. The van der Waals surface area contributed by atoms with Crippen molar-refractivity contribution in [2.45, 2.75) is 6.92 Å². The number of benzene rings is 2. The first-order chi connectivity index (χ1) is 11.5. The molecule has 0 saturated carbocycles. The zero-order chi connectivity index (χ0) is 17.1. The van der Waals surface area contributed by atoms with E-state index in [1.165, 1.54) is 0 Å². The van der Waals surface area contributed by atoms with Gasteiger partial charge >= 0.3 is 0 Å². The molecular formula is C18H20ClN3O2. The number of amides is 1. The number of carbonyl (C=O) groups excluding carboxylic acids is 1. The topological polar surface area (TPSA) is 67.6 Å². The second-order valence-corrected chi connectivity index (χ2v) is 6.20. The van der Waals surface area contributed by atoms with Crippen LogP contribution in [0.4, 0.5) is 17.1 Å². The quantitative estimate of drug-likeness (QED) is 0.837. The first-order valence-corrected chi connectivity index (χ1v) is 8.22. The van der Waals surface area contributed by atoms with Crippen LogP contribution in [0.3, 0.4) is 0 Å². The number of hydrogen-bond acceptors (Lipinski definition) is 4. The summed E-state index contributed by atoms with van der Waals surface area (Å²) in [4.78, 5) is 14.5. The zero-order valence-electron chi connectivity index (χ0n) is 13.5. The van der Waals surface area contributed by atoms with Gasteiger partial charge in [0.2, 0.25) is 0 Å². The molecule has 1 fully saturated rings. The van der Waals surface area contributed by atoms with Gasteiger partial charge in [-0.1, -0.05) is 17.7 Å². The maximum atomic E-state index is 12.3. The second kappa shape index (κ2) is 7.11. The SMILES string of the molecule is Cc1ccc(C(=O)Nc2ccc(N3CCOCC3)c(N)c2)cc1Cl. The van der Waals surface area contributed by atoms with Gasteiger partial charge in [0.15, 0.2) is 0 Å². The van der Waals surface area contributed by atoms with E-state index in [-0.39, 0.29) is 5.91 Å². The maximum Gasteiger partial charge on any atom is 0.255 e. The van der Waals surface area contributed by atoms with Crippen molar-refractivity contribution in [1.82, 2.24) is 0 Å². The first-order valence-electron chi connectivity index (χ1n) is 7.84. The number of nitrogen functional groups attached to an aromatic ring is 1. The molecule has 0 spiro atoms. The Kier molecular flexibility index (Phi) is 4.92. The minimum Gasteiger partial charge on any atom is -0.397 e. The maximum absolute atomic E-state index is 12.3. The lowest BCUT2D eigenvalue weighted by atomic mass is 10.1. The normalized spacial score (nSPS) is 14.5.